The molecule has 2 saturated heterocycles. The molecule has 0 aliphatic carbocycles. The number of amides is 1. The Morgan fingerprint density at radius 1 is 0.966 bits per heavy atom. The second-order valence-electron chi connectivity index (χ2n) is 8.14. The highest BCUT2D eigenvalue weighted by Gasteiger charge is 2.41. The largest absolute Gasteiger partial charge is 0.356 e. The van der Waals surface area contributed by atoms with Crippen molar-refractivity contribution in [2.45, 2.75) is 25.8 Å². The highest BCUT2D eigenvalue weighted by molar-refractivity contribution is 5.79. The lowest BCUT2D eigenvalue weighted by Crippen LogP contribution is -2.42. The van der Waals surface area contributed by atoms with Gasteiger partial charge in [0.05, 0.1) is 6.54 Å². The second kappa shape index (κ2) is 7.31. The SMILES string of the molecule is O=C1CC2(CCN(c3nnnn3Cc3ccc(-c4ccccc4)cc3)CC2)CN1. The summed E-state index contributed by atoms with van der Waals surface area (Å²) < 4.78 is 1.87. The smallest absolute Gasteiger partial charge is 0.245 e. The van der Waals surface area contributed by atoms with Crippen LogP contribution in [0.15, 0.2) is 54.6 Å². The fourth-order valence-electron chi connectivity index (χ4n) is 4.42. The fourth-order valence-corrected chi connectivity index (χ4v) is 4.42. The first kappa shape index (κ1) is 17.8. The van der Waals surface area contributed by atoms with Crippen LogP contribution < -0.4 is 10.2 Å². The Labute approximate surface area is 169 Å². The summed E-state index contributed by atoms with van der Waals surface area (Å²) in [5.41, 5.74) is 3.70. The van der Waals surface area contributed by atoms with E-state index in [2.05, 4.69) is 74.3 Å². The van der Waals surface area contributed by atoms with Gasteiger partial charge in [-0.05, 0) is 45.4 Å². The molecule has 2 aliphatic rings. The van der Waals surface area contributed by atoms with E-state index in [4.69, 9.17) is 0 Å². The molecule has 0 bridgehead atoms. The van der Waals surface area contributed by atoms with Crippen LogP contribution in [0.25, 0.3) is 11.1 Å². The molecule has 148 valence electrons. The molecule has 2 aliphatic heterocycles. The van der Waals surface area contributed by atoms with Gasteiger partial charge in [0.2, 0.25) is 11.9 Å². The van der Waals surface area contributed by atoms with Gasteiger partial charge < -0.3 is 10.2 Å². The number of hydrogen-bond acceptors (Lipinski definition) is 5. The molecule has 3 aromatic rings. The molecule has 0 radical (unpaired) electrons. The lowest BCUT2D eigenvalue weighted by atomic mass is 9.78. The molecule has 5 rings (SSSR count). The maximum Gasteiger partial charge on any atom is 0.245 e. The number of carbonyl (C=O) groups excluding carboxylic acids is 1. The number of rotatable bonds is 4. The average molecular weight is 388 g/mol. The van der Waals surface area contributed by atoms with Gasteiger partial charge in [0.15, 0.2) is 0 Å². The standard InChI is InChI=1S/C22H24N6O/c29-20-14-22(16-23-20)10-12-27(13-11-22)21-24-25-26-28(21)15-17-6-8-19(9-7-17)18-4-2-1-3-5-18/h1-9H,10-16H2,(H,23,29). The van der Waals surface area contributed by atoms with Crippen LogP contribution in [0.1, 0.15) is 24.8 Å². The normalized spacial score (nSPS) is 18.2. The lowest BCUT2D eigenvalue weighted by molar-refractivity contribution is -0.119. The van der Waals surface area contributed by atoms with E-state index in [-0.39, 0.29) is 11.3 Å². The number of aromatic nitrogens is 4. The minimum Gasteiger partial charge on any atom is -0.356 e. The summed E-state index contributed by atoms with van der Waals surface area (Å²) in [6.45, 7) is 3.20. The number of tetrazole rings is 1. The molecule has 0 saturated carbocycles. The van der Waals surface area contributed by atoms with Crippen molar-refractivity contribution in [3.8, 4) is 11.1 Å². The summed E-state index contributed by atoms with van der Waals surface area (Å²) >= 11 is 0. The molecule has 0 atom stereocenters. The Morgan fingerprint density at radius 3 is 2.38 bits per heavy atom. The van der Waals surface area contributed by atoms with Gasteiger partial charge >= 0.3 is 0 Å². The van der Waals surface area contributed by atoms with Crippen LogP contribution in [0.3, 0.4) is 0 Å². The zero-order valence-corrected chi connectivity index (χ0v) is 16.3. The van der Waals surface area contributed by atoms with Gasteiger partial charge in [-0.3, -0.25) is 4.79 Å². The first-order chi connectivity index (χ1) is 14.2. The average Bonchev–Trinajstić information content (AvgIpc) is 3.37. The monoisotopic (exact) mass is 388 g/mol. The van der Waals surface area contributed by atoms with Crippen LogP contribution in [0, 0.1) is 5.41 Å². The summed E-state index contributed by atoms with van der Waals surface area (Å²) in [6, 6.07) is 18.9. The molecular weight excluding hydrogens is 364 g/mol. The van der Waals surface area contributed by atoms with E-state index in [0.29, 0.717) is 13.0 Å². The summed E-state index contributed by atoms with van der Waals surface area (Å²) in [4.78, 5) is 13.9. The maximum absolute atomic E-state index is 11.6. The second-order valence-corrected chi connectivity index (χ2v) is 8.14. The number of nitrogens with one attached hydrogen (secondary N) is 1. The van der Waals surface area contributed by atoms with Crippen molar-refractivity contribution in [1.29, 1.82) is 0 Å². The predicted octanol–water partition coefficient (Wildman–Crippen LogP) is 2.49. The molecule has 2 fully saturated rings. The van der Waals surface area contributed by atoms with Gasteiger partial charge in [0.1, 0.15) is 0 Å². The Kier molecular flexibility index (Phi) is 4.50. The third-order valence-electron chi connectivity index (χ3n) is 6.21. The van der Waals surface area contributed by atoms with Crippen molar-refractivity contribution >= 4 is 11.9 Å². The molecule has 7 heteroatoms. The molecule has 2 aromatic carbocycles. The van der Waals surface area contributed by atoms with Crippen LogP contribution in [-0.2, 0) is 11.3 Å². The maximum atomic E-state index is 11.6. The quantitative estimate of drug-likeness (QED) is 0.743. The third-order valence-corrected chi connectivity index (χ3v) is 6.21. The van der Waals surface area contributed by atoms with Crippen molar-refractivity contribution in [2.75, 3.05) is 24.5 Å². The number of piperidine rings is 1. The number of anilines is 1. The molecule has 7 nitrogen and oxygen atoms in total. The van der Waals surface area contributed by atoms with Crippen LogP contribution in [0.2, 0.25) is 0 Å². The van der Waals surface area contributed by atoms with Crippen molar-refractivity contribution in [3.63, 3.8) is 0 Å². The molecule has 1 aromatic heterocycles. The summed E-state index contributed by atoms with van der Waals surface area (Å²) in [7, 11) is 0. The molecular formula is C22H24N6O. The lowest BCUT2D eigenvalue weighted by Gasteiger charge is -2.38. The Bertz CT molecular complexity index is 990. The highest BCUT2D eigenvalue weighted by atomic mass is 16.1. The zero-order valence-electron chi connectivity index (χ0n) is 16.3. The van der Waals surface area contributed by atoms with Gasteiger partial charge in [-0.25, -0.2) is 4.68 Å². The topological polar surface area (TPSA) is 75.9 Å². The van der Waals surface area contributed by atoms with E-state index in [1.807, 2.05) is 10.7 Å². The summed E-state index contributed by atoms with van der Waals surface area (Å²) in [5, 5.41) is 15.4. The van der Waals surface area contributed by atoms with E-state index in [0.717, 1.165) is 44.0 Å². The first-order valence-corrected chi connectivity index (χ1v) is 10.1. The van der Waals surface area contributed by atoms with Crippen molar-refractivity contribution < 1.29 is 4.79 Å². The molecule has 0 unspecified atom stereocenters. The van der Waals surface area contributed by atoms with E-state index in [1.165, 1.54) is 11.1 Å². The summed E-state index contributed by atoms with van der Waals surface area (Å²) in [5.74, 6) is 0.992. The van der Waals surface area contributed by atoms with Gasteiger partial charge in [0.25, 0.3) is 0 Å². The van der Waals surface area contributed by atoms with Crippen LogP contribution >= 0.6 is 0 Å². The van der Waals surface area contributed by atoms with Crippen molar-refractivity contribution in [2.24, 2.45) is 5.41 Å². The molecule has 29 heavy (non-hydrogen) atoms. The number of benzene rings is 2. The predicted molar refractivity (Wildman–Crippen MR) is 110 cm³/mol. The number of nitrogens with zero attached hydrogens (tertiary/aromatic N) is 5. The number of carbonyl (C=O) groups is 1. The van der Waals surface area contributed by atoms with Crippen LogP contribution in [0.5, 0.6) is 0 Å². The molecule has 3 heterocycles. The van der Waals surface area contributed by atoms with E-state index < -0.39 is 0 Å². The number of hydrogen-bond donors (Lipinski definition) is 1. The van der Waals surface area contributed by atoms with Crippen LogP contribution in [-0.4, -0.2) is 45.7 Å². The van der Waals surface area contributed by atoms with Crippen molar-refractivity contribution in [1.82, 2.24) is 25.5 Å². The highest BCUT2D eigenvalue weighted by Crippen LogP contribution is 2.38. The van der Waals surface area contributed by atoms with Gasteiger partial charge in [-0.15, -0.1) is 0 Å². The third kappa shape index (κ3) is 3.60. The molecule has 1 spiro atoms. The Morgan fingerprint density at radius 2 is 1.69 bits per heavy atom. The van der Waals surface area contributed by atoms with E-state index in [9.17, 15) is 4.79 Å². The minimum atomic E-state index is 0.124. The fraction of sp³-hybridized carbons (Fsp3) is 0.364. The zero-order chi connectivity index (χ0) is 19.7. The van der Waals surface area contributed by atoms with Gasteiger partial charge in [-0.1, -0.05) is 59.7 Å². The molecule has 1 N–H and O–H groups in total. The van der Waals surface area contributed by atoms with Crippen molar-refractivity contribution in [3.05, 3.63) is 60.2 Å². The van der Waals surface area contributed by atoms with Gasteiger partial charge in [-0.2, -0.15) is 0 Å². The Hall–Kier alpha value is -3.22. The first-order valence-electron chi connectivity index (χ1n) is 10.1. The minimum absolute atomic E-state index is 0.124. The van der Waals surface area contributed by atoms with E-state index >= 15 is 0 Å². The van der Waals surface area contributed by atoms with Gasteiger partial charge in [0, 0.05) is 26.1 Å². The molecule has 1 amide bonds. The summed E-state index contributed by atoms with van der Waals surface area (Å²) in [6.07, 6.45) is 2.63. The Balaban J connectivity index is 1.27. The van der Waals surface area contributed by atoms with E-state index in [1.54, 1.807) is 0 Å². The van der Waals surface area contributed by atoms with Crippen LogP contribution in [0.4, 0.5) is 5.95 Å².